The van der Waals surface area contributed by atoms with Gasteiger partial charge in [0.05, 0.1) is 0 Å². The Balaban J connectivity index is 1.90. The van der Waals surface area contributed by atoms with Crippen LogP contribution >= 0.6 is 0 Å². The van der Waals surface area contributed by atoms with Crippen molar-refractivity contribution in [2.24, 2.45) is 11.3 Å². The predicted molar refractivity (Wildman–Crippen MR) is 49.5 cm³/mol. The fraction of sp³-hybridized carbons (Fsp3) is 1.00. The van der Waals surface area contributed by atoms with Crippen molar-refractivity contribution in [1.82, 2.24) is 5.06 Å². The van der Waals surface area contributed by atoms with E-state index in [-0.39, 0.29) is 0 Å². The lowest BCUT2D eigenvalue weighted by atomic mass is 9.70. The van der Waals surface area contributed by atoms with Crippen LogP contribution in [0.15, 0.2) is 0 Å². The number of nitrogens with zero attached hydrogens (tertiary/aromatic N) is 1. The summed E-state index contributed by atoms with van der Waals surface area (Å²) >= 11 is 0. The van der Waals surface area contributed by atoms with E-state index in [4.69, 9.17) is 5.11 Å². The summed E-state index contributed by atoms with van der Waals surface area (Å²) in [6.07, 6.45) is 5.81. The van der Waals surface area contributed by atoms with Crippen molar-refractivity contribution in [3.05, 3.63) is 0 Å². The average Bonchev–Trinajstić information content (AvgIpc) is 2.49. The lowest BCUT2D eigenvalue weighted by molar-refractivity contribution is -0.0810. The lowest BCUT2D eigenvalue weighted by Crippen LogP contribution is -2.31. The predicted octanol–water partition coefficient (Wildman–Crippen LogP) is 1.25. The van der Waals surface area contributed by atoms with Gasteiger partial charge in [-0.25, -0.2) is 0 Å². The number of aliphatic hydroxyl groups is 1. The number of aliphatic hydroxyl groups excluding tert-OH is 1. The van der Waals surface area contributed by atoms with Gasteiger partial charge in [0.2, 0.25) is 0 Å². The molecule has 76 valence electrons. The largest absolute Gasteiger partial charge is 0.396 e. The molecule has 3 nitrogen and oxygen atoms in total. The van der Waals surface area contributed by atoms with Gasteiger partial charge < -0.3 is 10.3 Å². The minimum atomic E-state index is 0.346. The van der Waals surface area contributed by atoms with Crippen molar-refractivity contribution in [3.8, 4) is 0 Å². The highest BCUT2D eigenvalue weighted by molar-refractivity contribution is 4.91. The Bertz CT molecular complexity index is 176. The zero-order valence-electron chi connectivity index (χ0n) is 8.08. The summed E-state index contributed by atoms with van der Waals surface area (Å²) in [5.74, 6) is 0.526. The molecule has 2 aliphatic rings. The summed E-state index contributed by atoms with van der Waals surface area (Å²) in [6, 6.07) is 0. The van der Waals surface area contributed by atoms with Crippen LogP contribution in [0.5, 0.6) is 0 Å². The molecule has 0 aromatic heterocycles. The second-order valence-corrected chi connectivity index (χ2v) is 4.76. The molecular weight excluding hydrogens is 166 g/mol. The highest BCUT2D eigenvalue weighted by atomic mass is 16.5. The Morgan fingerprint density at radius 3 is 2.38 bits per heavy atom. The molecule has 2 N–H and O–H groups in total. The maximum Gasteiger partial charge on any atom is 0.0459 e. The Morgan fingerprint density at radius 1 is 1.23 bits per heavy atom. The van der Waals surface area contributed by atoms with E-state index in [1.807, 2.05) is 0 Å². The van der Waals surface area contributed by atoms with Gasteiger partial charge in [0.25, 0.3) is 0 Å². The van der Waals surface area contributed by atoms with Crippen molar-refractivity contribution in [1.29, 1.82) is 0 Å². The fourth-order valence-corrected chi connectivity index (χ4v) is 2.79. The van der Waals surface area contributed by atoms with E-state index in [1.165, 1.54) is 17.9 Å². The van der Waals surface area contributed by atoms with E-state index in [0.717, 1.165) is 32.4 Å². The maximum absolute atomic E-state index is 9.35. The third-order valence-corrected chi connectivity index (χ3v) is 3.84. The van der Waals surface area contributed by atoms with E-state index >= 15 is 0 Å². The summed E-state index contributed by atoms with van der Waals surface area (Å²) in [5.41, 5.74) is 0.389. The zero-order valence-corrected chi connectivity index (χ0v) is 8.08. The smallest absolute Gasteiger partial charge is 0.0459 e. The van der Waals surface area contributed by atoms with Gasteiger partial charge in [-0.1, -0.05) is 0 Å². The van der Waals surface area contributed by atoms with Crippen LogP contribution in [-0.4, -0.2) is 35.1 Å². The highest BCUT2D eigenvalue weighted by Gasteiger charge is 2.40. The molecule has 0 unspecified atom stereocenters. The first-order valence-electron chi connectivity index (χ1n) is 5.29. The molecule has 0 radical (unpaired) electrons. The van der Waals surface area contributed by atoms with Crippen molar-refractivity contribution in [3.63, 3.8) is 0 Å². The molecule has 0 amide bonds. The van der Waals surface area contributed by atoms with E-state index in [1.54, 1.807) is 0 Å². The first kappa shape index (κ1) is 9.44. The van der Waals surface area contributed by atoms with Gasteiger partial charge in [0, 0.05) is 19.7 Å². The van der Waals surface area contributed by atoms with Gasteiger partial charge in [0.15, 0.2) is 0 Å². The molecular formula is C10H19NO2. The Kier molecular flexibility index (Phi) is 2.58. The first-order valence-corrected chi connectivity index (χ1v) is 5.29. The summed E-state index contributed by atoms with van der Waals surface area (Å²) < 4.78 is 0. The summed E-state index contributed by atoms with van der Waals surface area (Å²) in [7, 11) is 0. The molecule has 0 aromatic carbocycles. The second-order valence-electron chi connectivity index (χ2n) is 4.76. The van der Waals surface area contributed by atoms with Crippen molar-refractivity contribution < 1.29 is 10.3 Å². The molecule has 0 bridgehead atoms. The normalized spacial score (nSPS) is 41.5. The topological polar surface area (TPSA) is 43.7 Å². The van der Waals surface area contributed by atoms with Crippen LogP contribution in [-0.2, 0) is 0 Å². The number of rotatable bonds is 1. The maximum atomic E-state index is 9.35. The minimum Gasteiger partial charge on any atom is -0.396 e. The number of hydrogen-bond acceptors (Lipinski definition) is 3. The van der Waals surface area contributed by atoms with Crippen molar-refractivity contribution in [2.75, 3.05) is 19.7 Å². The van der Waals surface area contributed by atoms with E-state index < -0.39 is 0 Å². The third-order valence-electron chi connectivity index (χ3n) is 3.84. The molecule has 1 saturated heterocycles. The summed E-state index contributed by atoms with van der Waals surface area (Å²) in [6.45, 7) is 2.04. The van der Waals surface area contributed by atoms with Crippen LogP contribution in [0.25, 0.3) is 0 Å². The van der Waals surface area contributed by atoms with Crippen LogP contribution in [0.2, 0.25) is 0 Å². The molecule has 2 fully saturated rings. The second kappa shape index (κ2) is 3.56. The lowest BCUT2D eigenvalue weighted by Gasteiger charge is -2.36. The molecule has 1 spiro atoms. The molecule has 3 heteroatoms. The average molecular weight is 185 g/mol. The van der Waals surface area contributed by atoms with E-state index in [2.05, 4.69) is 0 Å². The quantitative estimate of drug-likeness (QED) is 0.646. The van der Waals surface area contributed by atoms with Crippen molar-refractivity contribution >= 4 is 0 Å². The van der Waals surface area contributed by atoms with Gasteiger partial charge >= 0.3 is 0 Å². The SMILES string of the molecule is OCC1CCC2(CC1)CCN(O)C2. The van der Waals surface area contributed by atoms with Gasteiger partial charge in [0.1, 0.15) is 0 Å². The number of hydrogen-bond donors (Lipinski definition) is 2. The van der Waals surface area contributed by atoms with Crippen LogP contribution in [0.4, 0.5) is 0 Å². The molecule has 0 aromatic rings. The monoisotopic (exact) mass is 185 g/mol. The first-order chi connectivity index (χ1) is 6.24. The molecule has 1 aliphatic heterocycles. The van der Waals surface area contributed by atoms with E-state index in [9.17, 15) is 5.21 Å². The molecule has 13 heavy (non-hydrogen) atoms. The Morgan fingerprint density at radius 2 is 1.92 bits per heavy atom. The summed E-state index contributed by atoms with van der Waals surface area (Å²) in [4.78, 5) is 0. The van der Waals surface area contributed by atoms with Crippen LogP contribution in [0.3, 0.4) is 0 Å². The third kappa shape index (κ3) is 1.87. The van der Waals surface area contributed by atoms with Crippen LogP contribution in [0, 0.1) is 11.3 Å². The van der Waals surface area contributed by atoms with Gasteiger partial charge in [-0.15, -0.1) is 0 Å². The summed E-state index contributed by atoms with van der Waals surface area (Å²) in [5, 5.41) is 19.8. The Hall–Kier alpha value is -0.120. The molecule has 0 atom stereocenters. The van der Waals surface area contributed by atoms with Crippen molar-refractivity contribution in [2.45, 2.75) is 32.1 Å². The molecule has 2 rings (SSSR count). The number of hydroxylamine groups is 2. The fourth-order valence-electron chi connectivity index (χ4n) is 2.79. The van der Waals surface area contributed by atoms with Crippen LogP contribution < -0.4 is 0 Å². The minimum absolute atomic E-state index is 0.346. The van der Waals surface area contributed by atoms with E-state index in [0.29, 0.717) is 17.9 Å². The van der Waals surface area contributed by atoms with Gasteiger partial charge in [-0.3, -0.25) is 0 Å². The van der Waals surface area contributed by atoms with Crippen LogP contribution in [0.1, 0.15) is 32.1 Å². The standard InChI is InChI=1S/C10H19NO2/c12-7-9-1-3-10(4-2-9)5-6-11(13)8-10/h9,12-13H,1-8H2. The molecule has 1 aliphatic carbocycles. The van der Waals surface area contributed by atoms with Gasteiger partial charge in [-0.05, 0) is 43.4 Å². The zero-order chi connectivity index (χ0) is 9.31. The molecule has 1 saturated carbocycles. The molecule has 1 heterocycles. The van der Waals surface area contributed by atoms with Gasteiger partial charge in [-0.2, -0.15) is 5.06 Å². The Labute approximate surface area is 79.3 Å². The highest BCUT2D eigenvalue weighted by Crippen LogP contribution is 2.44.